The third kappa shape index (κ3) is 5.43. The molecule has 27 heavy (non-hydrogen) atoms. The zero-order valence-electron chi connectivity index (χ0n) is 13.2. The molecule has 2 aromatic rings. The Hall–Kier alpha value is -1.65. The second-order valence-electron chi connectivity index (χ2n) is 5.32. The number of rotatable bonds is 6. The zero-order chi connectivity index (χ0) is 20.4. The second kappa shape index (κ2) is 8.57. The number of hydrogen-bond donors (Lipinski definition) is 2. The van der Waals surface area contributed by atoms with Crippen LogP contribution in [0.5, 0.6) is 11.5 Å². The van der Waals surface area contributed by atoms with Crippen LogP contribution < -0.4 is 10.1 Å². The van der Waals surface area contributed by atoms with Gasteiger partial charge in [-0.05, 0) is 24.3 Å². The van der Waals surface area contributed by atoms with E-state index in [0.717, 1.165) is 12.1 Å². The highest BCUT2D eigenvalue weighted by Gasteiger charge is 2.33. The standard InChI is InChI=1S/C16H11BrClF6NO2/c17-8-3-10(19)14(25-6-9(26)5-18)13(4-8)27-15-11(20)1-7(2-12(15)21)16(22,23)24/h1-4,9,25-26H,5-6H2. The number of anilines is 1. The van der Waals surface area contributed by atoms with Gasteiger partial charge in [-0.3, -0.25) is 0 Å². The first-order chi connectivity index (χ1) is 12.5. The molecule has 2 N–H and O–H groups in total. The monoisotopic (exact) mass is 477 g/mol. The molecule has 0 saturated carbocycles. The van der Waals surface area contributed by atoms with E-state index in [-0.39, 0.29) is 34.7 Å². The third-order valence-electron chi connectivity index (χ3n) is 3.25. The van der Waals surface area contributed by atoms with E-state index in [4.69, 9.17) is 16.3 Å². The van der Waals surface area contributed by atoms with Crippen LogP contribution in [-0.2, 0) is 6.18 Å². The van der Waals surface area contributed by atoms with Crippen molar-refractivity contribution in [3.05, 3.63) is 51.8 Å². The van der Waals surface area contributed by atoms with E-state index in [1.165, 1.54) is 0 Å². The fraction of sp³-hybridized carbons (Fsp3) is 0.250. The van der Waals surface area contributed by atoms with Crippen molar-refractivity contribution in [1.29, 1.82) is 0 Å². The van der Waals surface area contributed by atoms with Crippen LogP contribution in [0.3, 0.4) is 0 Å². The molecule has 1 unspecified atom stereocenters. The van der Waals surface area contributed by atoms with Crippen LogP contribution >= 0.6 is 27.5 Å². The van der Waals surface area contributed by atoms with E-state index in [1.807, 2.05) is 0 Å². The molecular weight excluding hydrogens is 468 g/mol. The minimum atomic E-state index is -4.95. The van der Waals surface area contributed by atoms with Crippen molar-refractivity contribution in [3.63, 3.8) is 0 Å². The number of aliphatic hydroxyl groups is 1. The van der Waals surface area contributed by atoms with Gasteiger partial charge in [-0.2, -0.15) is 13.2 Å². The molecule has 0 bridgehead atoms. The normalized spacial score (nSPS) is 12.8. The molecule has 0 spiro atoms. The van der Waals surface area contributed by atoms with Crippen molar-refractivity contribution in [1.82, 2.24) is 0 Å². The third-order valence-corrected chi connectivity index (χ3v) is 4.06. The number of benzene rings is 2. The lowest BCUT2D eigenvalue weighted by Crippen LogP contribution is -2.21. The molecule has 0 aliphatic rings. The van der Waals surface area contributed by atoms with E-state index in [2.05, 4.69) is 21.2 Å². The summed E-state index contributed by atoms with van der Waals surface area (Å²) in [7, 11) is 0. The molecule has 1 atom stereocenters. The molecule has 0 aliphatic carbocycles. The molecule has 0 heterocycles. The van der Waals surface area contributed by atoms with Gasteiger partial charge >= 0.3 is 6.18 Å². The summed E-state index contributed by atoms with van der Waals surface area (Å²) in [6.07, 6.45) is -6.01. The Morgan fingerprint density at radius 2 is 1.67 bits per heavy atom. The van der Waals surface area contributed by atoms with E-state index >= 15 is 0 Å². The van der Waals surface area contributed by atoms with E-state index < -0.39 is 46.8 Å². The number of ether oxygens (including phenoxy) is 1. The average Bonchev–Trinajstić information content (AvgIpc) is 2.55. The van der Waals surface area contributed by atoms with Crippen LogP contribution in [0.15, 0.2) is 28.7 Å². The maximum atomic E-state index is 14.2. The highest BCUT2D eigenvalue weighted by atomic mass is 79.9. The van der Waals surface area contributed by atoms with Gasteiger partial charge in [-0.15, -0.1) is 11.6 Å². The van der Waals surface area contributed by atoms with Crippen molar-refractivity contribution in [3.8, 4) is 11.5 Å². The van der Waals surface area contributed by atoms with Gasteiger partial charge < -0.3 is 15.2 Å². The lowest BCUT2D eigenvalue weighted by atomic mass is 10.2. The van der Waals surface area contributed by atoms with Crippen molar-refractivity contribution < 1.29 is 36.2 Å². The van der Waals surface area contributed by atoms with Crippen LogP contribution in [0.2, 0.25) is 0 Å². The quantitative estimate of drug-likeness (QED) is 0.414. The van der Waals surface area contributed by atoms with Crippen molar-refractivity contribution in [2.24, 2.45) is 0 Å². The molecule has 0 saturated heterocycles. The molecule has 2 rings (SSSR count). The number of halogens is 8. The predicted molar refractivity (Wildman–Crippen MR) is 90.8 cm³/mol. The van der Waals surface area contributed by atoms with Gasteiger partial charge in [0.2, 0.25) is 0 Å². The zero-order valence-corrected chi connectivity index (χ0v) is 15.5. The van der Waals surface area contributed by atoms with Crippen molar-refractivity contribution in [2.75, 3.05) is 17.7 Å². The van der Waals surface area contributed by atoms with Gasteiger partial charge in [0.25, 0.3) is 0 Å². The summed E-state index contributed by atoms with van der Waals surface area (Å²) in [6.45, 7) is -0.212. The largest absolute Gasteiger partial charge is 0.449 e. The van der Waals surface area contributed by atoms with Crippen molar-refractivity contribution >= 4 is 33.2 Å². The molecule has 2 aromatic carbocycles. The molecule has 0 radical (unpaired) electrons. The van der Waals surface area contributed by atoms with Gasteiger partial charge in [0.15, 0.2) is 29.0 Å². The van der Waals surface area contributed by atoms with Crippen LogP contribution in [0.4, 0.5) is 32.0 Å². The minimum Gasteiger partial charge on any atom is -0.449 e. The van der Waals surface area contributed by atoms with Gasteiger partial charge in [-0.25, -0.2) is 13.2 Å². The molecule has 0 aromatic heterocycles. The molecular formula is C16H11BrClF6NO2. The highest BCUT2D eigenvalue weighted by molar-refractivity contribution is 9.10. The number of nitrogens with one attached hydrogen (secondary N) is 1. The Bertz CT molecular complexity index is 810. The molecule has 11 heteroatoms. The molecule has 0 fully saturated rings. The Morgan fingerprint density at radius 1 is 1.07 bits per heavy atom. The van der Waals surface area contributed by atoms with Gasteiger partial charge in [-0.1, -0.05) is 15.9 Å². The van der Waals surface area contributed by atoms with E-state index in [9.17, 15) is 31.4 Å². The van der Waals surface area contributed by atoms with Crippen LogP contribution in [0, 0.1) is 17.5 Å². The van der Waals surface area contributed by atoms with Gasteiger partial charge in [0.1, 0.15) is 5.69 Å². The average molecular weight is 479 g/mol. The number of aliphatic hydroxyl groups excluding tert-OH is 1. The first kappa shape index (κ1) is 21.6. The molecule has 0 amide bonds. The summed E-state index contributed by atoms with van der Waals surface area (Å²) in [4.78, 5) is 0. The van der Waals surface area contributed by atoms with Crippen molar-refractivity contribution in [2.45, 2.75) is 12.3 Å². The van der Waals surface area contributed by atoms with Crippen LogP contribution in [-0.4, -0.2) is 23.6 Å². The molecule has 3 nitrogen and oxygen atoms in total. The Morgan fingerprint density at radius 3 is 2.19 bits per heavy atom. The fourth-order valence-corrected chi connectivity index (χ4v) is 2.53. The van der Waals surface area contributed by atoms with E-state index in [0.29, 0.717) is 0 Å². The lowest BCUT2D eigenvalue weighted by Gasteiger charge is -2.17. The first-order valence-electron chi connectivity index (χ1n) is 7.24. The highest BCUT2D eigenvalue weighted by Crippen LogP contribution is 2.39. The Labute approximate surface area is 163 Å². The van der Waals surface area contributed by atoms with Gasteiger partial charge in [0.05, 0.1) is 17.5 Å². The van der Waals surface area contributed by atoms with Gasteiger partial charge in [0, 0.05) is 11.0 Å². The lowest BCUT2D eigenvalue weighted by molar-refractivity contribution is -0.138. The Kier molecular flexibility index (Phi) is 6.87. The number of alkyl halides is 4. The van der Waals surface area contributed by atoms with E-state index in [1.54, 1.807) is 0 Å². The maximum absolute atomic E-state index is 14.2. The summed E-state index contributed by atoms with van der Waals surface area (Å²) >= 11 is 8.41. The summed E-state index contributed by atoms with van der Waals surface area (Å²) in [5.41, 5.74) is -1.89. The predicted octanol–water partition coefficient (Wildman–Crippen LogP) is 5.69. The maximum Gasteiger partial charge on any atom is 0.416 e. The summed E-state index contributed by atoms with van der Waals surface area (Å²) < 4.78 is 85.1. The SMILES string of the molecule is OC(CCl)CNc1c(F)cc(Br)cc1Oc1c(F)cc(C(F)(F)F)cc1F. The topological polar surface area (TPSA) is 41.5 Å². The summed E-state index contributed by atoms with van der Waals surface area (Å²) in [5.74, 6) is -5.84. The second-order valence-corrected chi connectivity index (χ2v) is 6.54. The summed E-state index contributed by atoms with van der Waals surface area (Å²) in [6, 6.07) is 2.30. The molecule has 148 valence electrons. The Balaban J connectivity index is 2.42. The molecule has 0 aliphatic heterocycles. The minimum absolute atomic E-state index is 0.0666. The summed E-state index contributed by atoms with van der Waals surface area (Å²) in [5, 5.41) is 11.9. The smallest absolute Gasteiger partial charge is 0.416 e. The van der Waals surface area contributed by atoms with Crippen LogP contribution in [0.25, 0.3) is 0 Å². The van der Waals surface area contributed by atoms with Crippen LogP contribution in [0.1, 0.15) is 5.56 Å². The fourth-order valence-electron chi connectivity index (χ4n) is 2.01. The first-order valence-corrected chi connectivity index (χ1v) is 8.56. The number of hydrogen-bond acceptors (Lipinski definition) is 3.